The second-order valence-corrected chi connectivity index (χ2v) is 13.6. The molecule has 1 saturated heterocycles. The third-order valence-corrected chi connectivity index (χ3v) is 8.99. The number of carbonyl (C=O) groups is 2. The molecule has 0 radical (unpaired) electrons. The number of aliphatic hydroxyl groups excluding tert-OH is 1. The summed E-state index contributed by atoms with van der Waals surface area (Å²) in [4.78, 5) is 47.1. The SMILES string of the molecule is CC(C)OC(=O)CNP(=O)(OCCSC(=O)C(C)(C)CO)OC[C@@H]1C[C@H](C)[C@H](Cn2cnc3c(=O)[nH]c(N)nc32)O1. The second-order valence-electron chi connectivity index (χ2n) is 10.7. The van der Waals surface area contributed by atoms with Gasteiger partial charge < -0.3 is 24.9 Å². The summed E-state index contributed by atoms with van der Waals surface area (Å²) in [7, 11) is -4.00. The molecule has 0 saturated carbocycles. The van der Waals surface area contributed by atoms with E-state index in [2.05, 4.69) is 20.0 Å². The smallest absolute Gasteiger partial charge is 0.406 e. The highest BCUT2D eigenvalue weighted by Gasteiger charge is 2.36. The highest BCUT2D eigenvalue weighted by molar-refractivity contribution is 8.13. The number of aromatic amines is 1. The number of nitrogens with zero attached hydrogens (tertiary/aromatic N) is 3. The Bertz CT molecular complexity index is 1320. The Morgan fingerprint density at radius 1 is 1.39 bits per heavy atom. The monoisotopic (exact) mass is 618 g/mol. The van der Waals surface area contributed by atoms with Crippen LogP contribution in [0.4, 0.5) is 5.95 Å². The molecule has 0 spiro atoms. The normalized spacial score (nSPS) is 20.9. The Balaban J connectivity index is 1.59. The minimum atomic E-state index is -4.00. The maximum Gasteiger partial charge on any atom is 0.406 e. The molecule has 0 aromatic carbocycles. The molecular formula is C24H39N6O9PS. The summed E-state index contributed by atoms with van der Waals surface area (Å²) in [5, 5.41) is 11.7. The molecule has 230 valence electrons. The van der Waals surface area contributed by atoms with Crippen molar-refractivity contribution < 1.29 is 37.8 Å². The first kappa shape index (κ1) is 33.2. The van der Waals surface area contributed by atoms with Crippen molar-refractivity contribution in [3.8, 4) is 0 Å². The number of nitrogens with one attached hydrogen (secondary N) is 2. The molecule has 5 N–H and O–H groups in total. The molecule has 0 bridgehead atoms. The minimum Gasteiger partial charge on any atom is -0.462 e. The number of ether oxygens (including phenoxy) is 2. The number of rotatable bonds is 15. The summed E-state index contributed by atoms with van der Waals surface area (Å²) in [6.07, 6.45) is 1.01. The number of fused-ring (bicyclic) bond motifs is 1. The van der Waals surface area contributed by atoms with Crippen molar-refractivity contribution in [2.24, 2.45) is 11.3 Å². The van der Waals surface area contributed by atoms with Crippen LogP contribution in [0.5, 0.6) is 0 Å². The molecule has 4 atom stereocenters. The van der Waals surface area contributed by atoms with Crippen molar-refractivity contribution in [3.05, 3.63) is 16.7 Å². The average molecular weight is 619 g/mol. The summed E-state index contributed by atoms with van der Waals surface area (Å²) in [6, 6.07) is 0. The number of esters is 1. The first-order valence-corrected chi connectivity index (χ1v) is 15.7. The molecule has 15 nitrogen and oxygen atoms in total. The van der Waals surface area contributed by atoms with Crippen LogP contribution < -0.4 is 16.4 Å². The van der Waals surface area contributed by atoms with E-state index >= 15 is 0 Å². The Labute approximate surface area is 241 Å². The number of H-pyrrole nitrogens is 1. The van der Waals surface area contributed by atoms with Gasteiger partial charge in [0, 0.05) is 5.75 Å². The van der Waals surface area contributed by atoms with E-state index in [1.807, 2.05) is 6.92 Å². The van der Waals surface area contributed by atoms with Crippen LogP contribution in [0.1, 0.15) is 41.0 Å². The average Bonchev–Trinajstić information content (AvgIpc) is 3.46. The van der Waals surface area contributed by atoms with Crippen molar-refractivity contribution in [2.75, 3.05) is 37.9 Å². The van der Waals surface area contributed by atoms with Crippen molar-refractivity contribution in [2.45, 2.75) is 65.9 Å². The topological polar surface area (TPSA) is 210 Å². The van der Waals surface area contributed by atoms with Crippen molar-refractivity contribution in [1.82, 2.24) is 24.6 Å². The molecule has 2 aromatic heterocycles. The van der Waals surface area contributed by atoms with Crippen LogP contribution in [0.15, 0.2) is 11.1 Å². The third kappa shape index (κ3) is 9.33. The van der Waals surface area contributed by atoms with Gasteiger partial charge in [0.05, 0.1) is 56.4 Å². The zero-order chi connectivity index (χ0) is 30.4. The van der Waals surface area contributed by atoms with E-state index in [0.717, 1.165) is 11.8 Å². The fourth-order valence-electron chi connectivity index (χ4n) is 3.96. The molecule has 41 heavy (non-hydrogen) atoms. The largest absolute Gasteiger partial charge is 0.462 e. The van der Waals surface area contributed by atoms with Crippen LogP contribution in [0.3, 0.4) is 0 Å². The van der Waals surface area contributed by atoms with E-state index in [0.29, 0.717) is 18.6 Å². The Morgan fingerprint density at radius 3 is 2.80 bits per heavy atom. The van der Waals surface area contributed by atoms with Crippen LogP contribution in [-0.4, -0.2) is 86.1 Å². The maximum absolute atomic E-state index is 13.5. The molecule has 17 heteroatoms. The fourth-order valence-corrected chi connectivity index (χ4v) is 6.16. The predicted octanol–water partition coefficient (Wildman–Crippen LogP) is 1.46. The molecule has 0 amide bonds. The number of nitrogen functional groups attached to an aromatic ring is 1. The predicted molar refractivity (Wildman–Crippen MR) is 152 cm³/mol. The first-order valence-electron chi connectivity index (χ1n) is 13.2. The van der Waals surface area contributed by atoms with Gasteiger partial charge >= 0.3 is 13.7 Å². The number of carbonyl (C=O) groups excluding carboxylic acids is 2. The third-order valence-electron chi connectivity index (χ3n) is 6.25. The number of nitrogens with two attached hydrogens (primary N) is 1. The van der Waals surface area contributed by atoms with Crippen LogP contribution in [0.2, 0.25) is 0 Å². The fraction of sp³-hybridized carbons (Fsp3) is 0.708. The molecular weight excluding hydrogens is 579 g/mol. The second kappa shape index (κ2) is 14.2. The number of anilines is 1. The van der Waals surface area contributed by atoms with E-state index in [4.69, 9.17) is 24.3 Å². The van der Waals surface area contributed by atoms with E-state index in [1.54, 1.807) is 32.3 Å². The number of aliphatic hydroxyl groups is 1. The van der Waals surface area contributed by atoms with Gasteiger partial charge in [0.2, 0.25) is 5.95 Å². The van der Waals surface area contributed by atoms with Gasteiger partial charge in [-0.05, 0) is 40.0 Å². The molecule has 1 fully saturated rings. The molecule has 1 aliphatic heterocycles. The lowest BCUT2D eigenvalue weighted by atomic mass is 9.97. The van der Waals surface area contributed by atoms with Gasteiger partial charge in [-0.15, -0.1) is 0 Å². The number of thioether (sulfide) groups is 1. The van der Waals surface area contributed by atoms with Gasteiger partial charge in [0.15, 0.2) is 16.3 Å². The number of hydrogen-bond donors (Lipinski definition) is 4. The highest BCUT2D eigenvalue weighted by atomic mass is 32.2. The summed E-state index contributed by atoms with van der Waals surface area (Å²) in [5.74, 6) is -0.413. The molecule has 3 rings (SSSR count). The number of aromatic nitrogens is 4. The van der Waals surface area contributed by atoms with Gasteiger partial charge in [-0.3, -0.25) is 28.4 Å². The Hall–Kier alpha value is -2.33. The van der Waals surface area contributed by atoms with Gasteiger partial charge in [0.25, 0.3) is 5.56 Å². The summed E-state index contributed by atoms with van der Waals surface area (Å²) < 4.78 is 37.6. The van der Waals surface area contributed by atoms with Crippen molar-refractivity contribution >= 4 is 47.7 Å². The molecule has 1 aliphatic rings. The van der Waals surface area contributed by atoms with Gasteiger partial charge in [0.1, 0.15) is 6.54 Å². The van der Waals surface area contributed by atoms with E-state index in [1.165, 1.54) is 6.33 Å². The van der Waals surface area contributed by atoms with Gasteiger partial charge in [-0.1, -0.05) is 18.7 Å². The standard InChI is InChI=1S/C24H39N6O9PS/c1-14(2)38-18(32)9-27-40(35,36-6-7-41-22(34)24(4,5)12-31)37-11-16-8-15(3)17(39-16)10-30-13-26-19-20(30)28-23(25)29-21(19)33/h13-17,31H,6-12H2,1-5H3,(H,27,35)(H3,25,28,29,33)/t15-,16-,17-,40?/m0/s1. The lowest BCUT2D eigenvalue weighted by Crippen LogP contribution is -2.28. The minimum absolute atomic E-state index is 0.0173. The zero-order valence-electron chi connectivity index (χ0n) is 23.8. The Morgan fingerprint density at radius 2 is 2.12 bits per heavy atom. The summed E-state index contributed by atoms with van der Waals surface area (Å²) in [6.45, 7) is 8.05. The van der Waals surface area contributed by atoms with Gasteiger partial charge in [-0.25, -0.2) is 14.6 Å². The lowest BCUT2D eigenvalue weighted by Gasteiger charge is -2.22. The first-order chi connectivity index (χ1) is 19.2. The van der Waals surface area contributed by atoms with Crippen LogP contribution in [0, 0.1) is 11.3 Å². The summed E-state index contributed by atoms with van der Waals surface area (Å²) in [5.41, 5.74) is 4.85. The van der Waals surface area contributed by atoms with E-state index in [9.17, 15) is 24.1 Å². The zero-order valence-corrected chi connectivity index (χ0v) is 25.5. The molecule has 0 aliphatic carbocycles. The lowest BCUT2D eigenvalue weighted by molar-refractivity contribution is -0.146. The van der Waals surface area contributed by atoms with E-state index in [-0.39, 0.29) is 60.3 Å². The number of imidazole rings is 1. The maximum atomic E-state index is 13.5. The van der Waals surface area contributed by atoms with Crippen molar-refractivity contribution in [1.29, 1.82) is 0 Å². The van der Waals surface area contributed by atoms with Crippen molar-refractivity contribution in [3.63, 3.8) is 0 Å². The van der Waals surface area contributed by atoms with Crippen LogP contribution in [0.25, 0.3) is 11.2 Å². The van der Waals surface area contributed by atoms with E-state index < -0.39 is 37.3 Å². The molecule has 3 heterocycles. The Kier molecular flexibility index (Phi) is 11.5. The van der Waals surface area contributed by atoms with Crippen LogP contribution >= 0.6 is 19.5 Å². The van der Waals surface area contributed by atoms with Crippen LogP contribution in [-0.2, 0) is 39.2 Å². The quantitative estimate of drug-likeness (QED) is 0.127. The molecule has 1 unspecified atom stereocenters. The highest BCUT2D eigenvalue weighted by Crippen LogP contribution is 2.45. The number of hydrogen-bond acceptors (Lipinski definition) is 13. The molecule has 2 aromatic rings. The van der Waals surface area contributed by atoms with Gasteiger partial charge in [-0.2, -0.15) is 4.98 Å². The summed E-state index contributed by atoms with van der Waals surface area (Å²) >= 11 is 0.943.